The minimum Gasteiger partial charge on any atom is -0.438 e. The molecule has 0 fully saturated rings. The highest BCUT2D eigenvalue weighted by Gasteiger charge is 2.14. The van der Waals surface area contributed by atoms with Gasteiger partial charge in [-0.1, -0.05) is 24.3 Å². The lowest BCUT2D eigenvalue weighted by Gasteiger charge is -2.07. The molecule has 0 saturated carbocycles. The van der Waals surface area contributed by atoms with E-state index in [9.17, 15) is 9.18 Å². The van der Waals surface area contributed by atoms with E-state index in [0.29, 0.717) is 22.7 Å². The number of hydrogen-bond acceptors (Lipinski definition) is 4. The van der Waals surface area contributed by atoms with Gasteiger partial charge in [-0.25, -0.2) is 14.4 Å². The van der Waals surface area contributed by atoms with Crippen LogP contribution in [0.1, 0.15) is 15.9 Å². The zero-order valence-corrected chi connectivity index (χ0v) is 15.0. The SMILES string of the molecule is Cc1cc(F)ccc1N=c1oc2ccccc2cc1C(=O)Nc1ccccn1. The molecule has 0 aliphatic carbocycles. The second-order valence-electron chi connectivity index (χ2n) is 6.21. The zero-order valence-electron chi connectivity index (χ0n) is 15.0. The quantitative estimate of drug-likeness (QED) is 0.563. The fourth-order valence-corrected chi connectivity index (χ4v) is 2.79. The molecule has 2 heterocycles. The second-order valence-corrected chi connectivity index (χ2v) is 6.21. The van der Waals surface area contributed by atoms with Gasteiger partial charge < -0.3 is 9.73 Å². The first-order valence-electron chi connectivity index (χ1n) is 8.66. The lowest BCUT2D eigenvalue weighted by molar-refractivity contribution is 0.102. The molecule has 5 nitrogen and oxygen atoms in total. The monoisotopic (exact) mass is 373 g/mol. The summed E-state index contributed by atoms with van der Waals surface area (Å²) in [5, 5.41) is 3.51. The van der Waals surface area contributed by atoms with E-state index in [1.54, 1.807) is 49.5 Å². The number of aryl methyl sites for hydroxylation is 1. The van der Waals surface area contributed by atoms with E-state index in [1.807, 2.05) is 18.2 Å². The summed E-state index contributed by atoms with van der Waals surface area (Å²) in [6, 6.07) is 18.6. The molecule has 1 N–H and O–H groups in total. The summed E-state index contributed by atoms with van der Waals surface area (Å²) in [4.78, 5) is 21.5. The molecule has 2 aromatic heterocycles. The van der Waals surface area contributed by atoms with E-state index in [2.05, 4.69) is 15.3 Å². The van der Waals surface area contributed by atoms with Crippen LogP contribution in [0, 0.1) is 12.7 Å². The molecule has 0 aliphatic heterocycles. The topological polar surface area (TPSA) is 67.5 Å². The molecule has 0 radical (unpaired) electrons. The average molecular weight is 373 g/mol. The van der Waals surface area contributed by atoms with E-state index in [-0.39, 0.29) is 16.9 Å². The number of para-hydroxylation sites is 1. The van der Waals surface area contributed by atoms with Gasteiger partial charge in [-0.2, -0.15) is 0 Å². The Hall–Kier alpha value is -3.80. The summed E-state index contributed by atoms with van der Waals surface area (Å²) in [6.07, 6.45) is 1.59. The molecular weight excluding hydrogens is 357 g/mol. The van der Waals surface area contributed by atoms with Gasteiger partial charge in [-0.3, -0.25) is 4.79 Å². The molecule has 2 aromatic carbocycles. The van der Waals surface area contributed by atoms with Crippen molar-refractivity contribution in [3.8, 4) is 0 Å². The molecule has 0 aliphatic rings. The summed E-state index contributed by atoms with van der Waals surface area (Å²) < 4.78 is 19.3. The van der Waals surface area contributed by atoms with E-state index < -0.39 is 5.91 Å². The van der Waals surface area contributed by atoms with Gasteiger partial charge in [0.2, 0.25) is 5.55 Å². The van der Waals surface area contributed by atoms with Crippen LogP contribution < -0.4 is 10.9 Å². The number of pyridine rings is 1. The summed E-state index contributed by atoms with van der Waals surface area (Å²) in [7, 11) is 0. The van der Waals surface area contributed by atoms with Crippen LogP contribution in [0.4, 0.5) is 15.9 Å². The molecule has 6 heteroatoms. The van der Waals surface area contributed by atoms with Crippen molar-refractivity contribution < 1.29 is 13.6 Å². The third-order valence-corrected chi connectivity index (χ3v) is 4.19. The predicted molar refractivity (Wildman–Crippen MR) is 105 cm³/mol. The Morgan fingerprint density at radius 1 is 1.07 bits per heavy atom. The molecule has 1 amide bonds. The Morgan fingerprint density at radius 3 is 2.68 bits per heavy atom. The number of fused-ring (bicyclic) bond motifs is 1. The third kappa shape index (κ3) is 3.66. The zero-order chi connectivity index (χ0) is 19.5. The predicted octanol–water partition coefficient (Wildman–Crippen LogP) is 4.76. The number of carbonyl (C=O) groups is 1. The van der Waals surface area contributed by atoms with Crippen LogP contribution in [0.15, 0.2) is 82.3 Å². The molecule has 0 spiro atoms. The number of halogens is 1. The van der Waals surface area contributed by atoms with E-state index in [1.165, 1.54) is 12.1 Å². The second kappa shape index (κ2) is 7.44. The van der Waals surface area contributed by atoms with Crippen molar-refractivity contribution in [2.45, 2.75) is 6.92 Å². The first kappa shape index (κ1) is 17.6. The van der Waals surface area contributed by atoms with Crippen LogP contribution >= 0.6 is 0 Å². The molecule has 28 heavy (non-hydrogen) atoms. The van der Waals surface area contributed by atoms with Crippen molar-refractivity contribution in [3.05, 3.63) is 95.4 Å². The van der Waals surface area contributed by atoms with Gasteiger partial charge in [0.05, 0.1) is 5.69 Å². The van der Waals surface area contributed by atoms with Gasteiger partial charge in [0.25, 0.3) is 5.91 Å². The average Bonchev–Trinajstić information content (AvgIpc) is 2.70. The fraction of sp³-hybridized carbons (Fsp3) is 0.0455. The first-order chi connectivity index (χ1) is 13.6. The number of nitrogens with zero attached hydrogens (tertiary/aromatic N) is 2. The standard InChI is InChI=1S/C22H16FN3O2/c1-14-12-16(23)9-10-18(14)25-22-17(13-15-6-2-3-7-19(15)28-22)21(27)26-20-8-4-5-11-24-20/h2-13H,1H3,(H,24,26,27). The van der Waals surface area contributed by atoms with Gasteiger partial charge >= 0.3 is 0 Å². The van der Waals surface area contributed by atoms with Crippen molar-refractivity contribution in [2.75, 3.05) is 5.32 Å². The summed E-state index contributed by atoms with van der Waals surface area (Å²) in [5.74, 6) is -0.323. The molecule has 0 unspecified atom stereocenters. The van der Waals surface area contributed by atoms with Gasteiger partial charge in [0, 0.05) is 11.6 Å². The number of nitrogens with one attached hydrogen (secondary N) is 1. The highest BCUT2D eigenvalue weighted by atomic mass is 19.1. The largest absolute Gasteiger partial charge is 0.438 e. The Labute approximate surface area is 160 Å². The van der Waals surface area contributed by atoms with Gasteiger partial charge in [-0.15, -0.1) is 0 Å². The molecule has 4 rings (SSSR count). The minimum absolute atomic E-state index is 0.141. The van der Waals surface area contributed by atoms with Crippen molar-refractivity contribution in [2.24, 2.45) is 4.99 Å². The molecule has 138 valence electrons. The molecular formula is C22H16FN3O2. The maximum Gasteiger partial charge on any atom is 0.262 e. The van der Waals surface area contributed by atoms with Crippen molar-refractivity contribution in [3.63, 3.8) is 0 Å². The number of carbonyl (C=O) groups excluding carboxylic acids is 1. The maximum absolute atomic E-state index is 13.4. The lowest BCUT2D eigenvalue weighted by Crippen LogP contribution is -2.22. The number of aromatic nitrogens is 1. The summed E-state index contributed by atoms with van der Waals surface area (Å²) in [5.41, 5.74) is 2.15. The van der Waals surface area contributed by atoms with Crippen LogP contribution in [0.3, 0.4) is 0 Å². The summed E-state index contributed by atoms with van der Waals surface area (Å²) >= 11 is 0. The normalized spacial score (nSPS) is 11.6. The smallest absolute Gasteiger partial charge is 0.262 e. The van der Waals surface area contributed by atoms with E-state index in [4.69, 9.17) is 4.42 Å². The number of anilines is 1. The van der Waals surface area contributed by atoms with Crippen molar-refractivity contribution in [1.82, 2.24) is 4.98 Å². The highest BCUT2D eigenvalue weighted by Crippen LogP contribution is 2.20. The molecule has 4 aromatic rings. The van der Waals surface area contributed by atoms with E-state index >= 15 is 0 Å². The third-order valence-electron chi connectivity index (χ3n) is 4.19. The van der Waals surface area contributed by atoms with Crippen LogP contribution in [0.5, 0.6) is 0 Å². The molecule has 0 bridgehead atoms. The lowest BCUT2D eigenvalue weighted by atomic mass is 10.1. The van der Waals surface area contributed by atoms with Gasteiger partial charge in [0.1, 0.15) is 22.8 Å². The molecule has 0 saturated heterocycles. The number of benzene rings is 2. The van der Waals surface area contributed by atoms with Crippen LogP contribution in [-0.4, -0.2) is 10.9 Å². The van der Waals surface area contributed by atoms with Gasteiger partial charge in [-0.05, 0) is 55.0 Å². The number of hydrogen-bond donors (Lipinski definition) is 1. The first-order valence-corrected chi connectivity index (χ1v) is 8.66. The summed E-state index contributed by atoms with van der Waals surface area (Å²) in [6.45, 7) is 1.75. The maximum atomic E-state index is 13.4. The Morgan fingerprint density at radius 2 is 1.89 bits per heavy atom. The highest BCUT2D eigenvalue weighted by molar-refractivity contribution is 6.04. The van der Waals surface area contributed by atoms with E-state index in [0.717, 1.165) is 5.39 Å². The molecule has 0 atom stereocenters. The number of amides is 1. The Bertz CT molecular complexity index is 1230. The van der Waals surface area contributed by atoms with Crippen LogP contribution in [0.2, 0.25) is 0 Å². The Kier molecular flexibility index (Phi) is 4.68. The van der Waals surface area contributed by atoms with Crippen LogP contribution in [-0.2, 0) is 0 Å². The fourth-order valence-electron chi connectivity index (χ4n) is 2.79. The van der Waals surface area contributed by atoms with Gasteiger partial charge in [0.15, 0.2) is 0 Å². The Balaban J connectivity index is 1.87. The minimum atomic E-state index is -0.397. The van der Waals surface area contributed by atoms with Crippen LogP contribution in [0.25, 0.3) is 11.0 Å². The number of rotatable bonds is 3. The van der Waals surface area contributed by atoms with Crippen molar-refractivity contribution in [1.29, 1.82) is 0 Å². The van der Waals surface area contributed by atoms with Crippen molar-refractivity contribution >= 4 is 28.4 Å².